The number of amides is 1. The van der Waals surface area contributed by atoms with E-state index in [4.69, 9.17) is 9.72 Å². The molecule has 0 bridgehead atoms. The Morgan fingerprint density at radius 1 is 1.15 bits per heavy atom. The molecule has 0 unspecified atom stereocenters. The van der Waals surface area contributed by atoms with Gasteiger partial charge in [-0.1, -0.05) is 25.0 Å². The monoisotopic (exact) mass is 561 g/mol. The van der Waals surface area contributed by atoms with Crippen molar-refractivity contribution in [3.8, 4) is 11.4 Å². The molecule has 1 aromatic carbocycles. The summed E-state index contributed by atoms with van der Waals surface area (Å²) in [5.41, 5.74) is 3.17. The van der Waals surface area contributed by atoms with E-state index < -0.39 is 0 Å². The molecule has 218 valence electrons. The Labute approximate surface area is 240 Å². The first kappa shape index (κ1) is 27.4. The molecule has 2 fully saturated rings. The number of likely N-dealkylation sites (N-methyl/N-ethyl adjacent to an activating group) is 1. The predicted octanol–water partition coefficient (Wildman–Crippen LogP) is 3.27. The number of aromatic nitrogens is 5. The fourth-order valence-corrected chi connectivity index (χ4v) is 6.29. The number of nitrogens with one attached hydrogen (secondary N) is 1. The van der Waals surface area contributed by atoms with E-state index in [9.17, 15) is 9.90 Å². The first-order valence-corrected chi connectivity index (χ1v) is 14.6. The lowest BCUT2D eigenvalue weighted by Gasteiger charge is -2.43. The number of anilines is 4. The number of ether oxygens (including phenoxy) is 1. The zero-order valence-corrected chi connectivity index (χ0v) is 24.0. The van der Waals surface area contributed by atoms with Gasteiger partial charge in [0.15, 0.2) is 5.82 Å². The van der Waals surface area contributed by atoms with E-state index in [2.05, 4.69) is 37.3 Å². The number of hydrogen-bond acceptors (Lipinski definition) is 10. The number of likely N-dealkylation sites (tertiary alicyclic amines) is 1. The average molecular weight is 562 g/mol. The summed E-state index contributed by atoms with van der Waals surface area (Å²) >= 11 is 0. The number of carbonyl (C=O) groups is 1. The van der Waals surface area contributed by atoms with Gasteiger partial charge in [-0.05, 0) is 44.2 Å². The number of aliphatic hydroxyl groups excluding tert-OH is 1. The van der Waals surface area contributed by atoms with Crippen molar-refractivity contribution in [2.75, 3.05) is 42.4 Å². The zero-order chi connectivity index (χ0) is 28.5. The van der Waals surface area contributed by atoms with Gasteiger partial charge < -0.3 is 25.0 Å². The SMILES string of the molecule is CC[C@@H]1C(=O)N(C)c2cnc(Nc3ccc(-n4cc(CN5CCC(O)CC5)nn4)cc3OC)nc2N1C1CCCC1. The summed E-state index contributed by atoms with van der Waals surface area (Å²) in [6, 6.07) is 5.86. The fourth-order valence-electron chi connectivity index (χ4n) is 6.29. The predicted molar refractivity (Wildman–Crippen MR) is 156 cm³/mol. The molecule has 2 aromatic heterocycles. The number of benzene rings is 1. The lowest BCUT2D eigenvalue weighted by molar-refractivity contribution is -0.120. The van der Waals surface area contributed by atoms with Crippen molar-refractivity contribution in [2.45, 2.75) is 76.6 Å². The minimum atomic E-state index is -0.221. The molecule has 4 heterocycles. The van der Waals surface area contributed by atoms with Gasteiger partial charge in [0.1, 0.15) is 17.5 Å². The van der Waals surface area contributed by atoms with Crippen molar-refractivity contribution in [2.24, 2.45) is 0 Å². The van der Waals surface area contributed by atoms with Gasteiger partial charge in [-0.2, -0.15) is 4.98 Å². The normalized spacial score (nSPS) is 20.5. The Kier molecular flexibility index (Phi) is 7.76. The second kappa shape index (κ2) is 11.6. The third-order valence-corrected chi connectivity index (χ3v) is 8.59. The van der Waals surface area contributed by atoms with Crippen LogP contribution in [0.15, 0.2) is 30.6 Å². The van der Waals surface area contributed by atoms with Gasteiger partial charge in [-0.3, -0.25) is 9.69 Å². The highest BCUT2D eigenvalue weighted by Gasteiger charge is 2.41. The smallest absolute Gasteiger partial charge is 0.249 e. The van der Waals surface area contributed by atoms with Crippen LogP contribution < -0.4 is 19.9 Å². The maximum atomic E-state index is 13.2. The van der Waals surface area contributed by atoms with Crippen molar-refractivity contribution < 1.29 is 14.6 Å². The van der Waals surface area contributed by atoms with Crippen molar-refractivity contribution in [3.63, 3.8) is 0 Å². The van der Waals surface area contributed by atoms with E-state index in [1.165, 1.54) is 12.8 Å². The van der Waals surface area contributed by atoms with E-state index in [0.29, 0.717) is 24.3 Å². The molecule has 12 heteroatoms. The van der Waals surface area contributed by atoms with E-state index in [0.717, 1.165) is 73.8 Å². The molecule has 3 aliphatic rings. The molecule has 1 saturated heterocycles. The summed E-state index contributed by atoms with van der Waals surface area (Å²) in [4.78, 5) is 28.9. The minimum Gasteiger partial charge on any atom is -0.494 e. The number of hydrogen-bond donors (Lipinski definition) is 2. The van der Waals surface area contributed by atoms with Crippen LogP contribution >= 0.6 is 0 Å². The van der Waals surface area contributed by atoms with E-state index >= 15 is 0 Å². The van der Waals surface area contributed by atoms with Crippen LogP contribution in [0.2, 0.25) is 0 Å². The van der Waals surface area contributed by atoms with Crippen LogP contribution in [0.1, 0.15) is 57.6 Å². The summed E-state index contributed by atoms with van der Waals surface area (Å²) in [6.45, 7) is 4.48. The lowest BCUT2D eigenvalue weighted by atomic mass is 10.0. The van der Waals surface area contributed by atoms with Crippen molar-refractivity contribution in [3.05, 3.63) is 36.3 Å². The van der Waals surface area contributed by atoms with E-state index in [1.807, 2.05) is 24.4 Å². The van der Waals surface area contributed by atoms with Crippen LogP contribution in [-0.4, -0.2) is 86.3 Å². The topological polar surface area (TPSA) is 125 Å². The fraction of sp³-hybridized carbons (Fsp3) is 0.552. The first-order valence-electron chi connectivity index (χ1n) is 14.6. The van der Waals surface area contributed by atoms with Crippen molar-refractivity contribution in [1.29, 1.82) is 0 Å². The molecule has 1 amide bonds. The molecular formula is C29H39N9O3. The Morgan fingerprint density at radius 2 is 1.93 bits per heavy atom. The van der Waals surface area contributed by atoms with Crippen LogP contribution in [0, 0.1) is 0 Å². The standard InChI is InChI=1S/C29H39N9O3/c1-4-24-28(40)35(2)25-16-30-29(32-27(25)38(24)20-7-5-6-8-20)31-23-10-9-21(15-26(23)41-3)37-18-19(33-34-37)17-36-13-11-22(39)12-14-36/h9-10,15-16,18,20,22,24,39H,4-8,11-14,17H2,1-3H3,(H,30,31,32)/t24-/m1/s1. The van der Waals surface area contributed by atoms with Crippen molar-refractivity contribution in [1.82, 2.24) is 29.9 Å². The van der Waals surface area contributed by atoms with Gasteiger partial charge in [-0.15, -0.1) is 5.10 Å². The van der Waals surface area contributed by atoms with Gasteiger partial charge in [-0.25, -0.2) is 9.67 Å². The second-order valence-electron chi connectivity index (χ2n) is 11.2. The van der Waals surface area contributed by atoms with Crippen LogP contribution in [-0.2, 0) is 11.3 Å². The molecule has 1 atom stereocenters. The van der Waals surface area contributed by atoms with Gasteiger partial charge in [0.25, 0.3) is 0 Å². The highest BCUT2D eigenvalue weighted by Crippen LogP contribution is 2.40. The second-order valence-corrected chi connectivity index (χ2v) is 11.2. The summed E-state index contributed by atoms with van der Waals surface area (Å²) < 4.78 is 7.47. The largest absolute Gasteiger partial charge is 0.494 e. The van der Waals surface area contributed by atoms with E-state index in [1.54, 1.807) is 29.9 Å². The van der Waals surface area contributed by atoms with Gasteiger partial charge in [0, 0.05) is 38.8 Å². The summed E-state index contributed by atoms with van der Waals surface area (Å²) in [7, 11) is 3.43. The molecule has 41 heavy (non-hydrogen) atoms. The highest BCUT2D eigenvalue weighted by atomic mass is 16.5. The Balaban J connectivity index is 1.23. The van der Waals surface area contributed by atoms with Crippen molar-refractivity contribution >= 4 is 29.0 Å². The number of aliphatic hydroxyl groups is 1. The number of fused-ring (bicyclic) bond motifs is 1. The molecule has 0 spiro atoms. The van der Waals surface area contributed by atoms with Gasteiger partial charge in [0.05, 0.1) is 42.7 Å². The average Bonchev–Trinajstić information content (AvgIpc) is 3.69. The van der Waals surface area contributed by atoms with Crippen LogP contribution in [0.5, 0.6) is 5.75 Å². The molecule has 3 aromatic rings. The summed E-state index contributed by atoms with van der Waals surface area (Å²) in [5, 5.41) is 21.8. The molecule has 1 aliphatic carbocycles. The molecule has 12 nitrogen and oxygen atoms in total. The minimum absolute atomic E-state index is 0.0967. The maximum absolute atomic E-state index is 13.2. The Morgan fingerprint density at radius 3 is 2.66 bits per heavy atom. The quantitative estimate of drug-likeness (QED) is 0.423. The molecule has 1 saturated carbocycles. The summed E-state index contributed by atoms with van der Waals surface area (Å²) in [6.07, 6.45) is 10.3. The molecule has 2 aliphatic heterocycles. The summed E-state index contributed by atoms with van der Waals surface area (Å²) in [5.74, 6) is 1.97. The lowest BCUT2D eigenvalue weighted by Crippen LogP contribution is -2.55. The van der Waals surface area contributed by atoms with Gasteiger partial charge in [0.2, 0.25) is 11.9 Å². The number of carbonyl (C=O) groups excluding carboxylic acids is 1. The first-order chi connectivity index (χ1) is 19.9. The van der Waals surface area contributed by atoms with Gasteiger partial charge >= 0.3 is 0 Å². The third-order valence-electron chi connectivity index (χ3n) is 8.59. The molecular weight excluding hydrogens is 522 g/mol. The Hall–Kier alpha value is -3.77. The number of rotatable bonds is 8. The third kappa shape index (κ3) is 5.45. The number of piperidine rings is 1. The van der Waals surface area contributed by atoms with Crippen LogP contribution in [0.4, 0.5) is 23.1 Å². The molecule has 6 rings (SSSR count). The van der Waals surface area contributed by atoms with E-state index in [-0.39, 0.29) is 18.1 Å². The Bertz CT molecular complexity index is 1380. The number of methoxy groups -OCH3 is 1. The highest BCUT2D eigenvalue weighted by molar-refractivity contribution is 6.04. The van der Waals surface area contributed by atoms with Crippen LogP contribution in [0.25, 0.3) is 5.69 Å². The number of nitrogens with zero attached hydrogens (tertiary/aromatic N) is 8. The molecule has 2 N–H and O–H groups in total. The molecule has 0 radical (unpaired) electrons. The zero-order valence-electron chi connectivity index (χ0n) is 24.0. The van der Waals surface area contributed by atoms with Crippen LogP contribution in [0.3, 0.4) is 0 Å². The maximum Gasteiger partial charge on any atom is 0.249 e.